The van der Waals surface area contributed by atoms with Crippen molar-refractivity contribution in [3.8, 4) is 0 Å². The van der Waals surface area contributed by atoms with Gasteiger partial charge in [-0.15, -0.1) is 0 Å². The number of hydrogen-bond donors (Lipinski definition) is 2. The van der Waals surface area contributed by atoms with Crippen molar-refractivity contribution in [2.24, 2.45) is 0 Å². The van der Waals surface area contributed by atoms with E-state index in [1.165, 1.54) is 25.7 Å². The van der Waals surface area contributed by atoms with Gasteiger partial charge in [-0.3, -0.25) is 0 Å². The van der Waals surface area contributed by atoms with E-state index in [4.69, 9.17) is 0 Å². The molecule has 0 aromatic heterocycles. The number of nitrogens with one attached hydrogen (secondary N) is 2. The van der Waals surface area contributed by atoms with Crippen LogP contribution in [0.4, 0.5) is 0 Å². The zero-order valence-electron chi connectivity index (χ0n) is 9.54. The molecule has 1 rings (SSSR count). The van der Waals surface area contributed by atoms with E-state index in [2.05, 4.69) is 31.4 Å². The SMILES string of the molecule is CCC1(NCC(C)(C)NC)CCC1. The normalized spacial score (nSPS) is 21.2. The molecule has 0 radical (unpaired) electrons. The van der Waals surface area contributed by atoms with Crippen LogP contribution in [-0.4, -0.2) is 24.7 Å². The molecule has 2 nitrogen and oxygen atoms in total. The summed E-state index contributed by atoms with van der Waals surface area (Å²) in [6.07, 6.45) is 5.40. The van der Waals surface area contributed by atoms with E-state index in [-0.39, 0.29) is 5.54 Å². The molecule has 1 saturated carbocycles. The first-order valence-corrected chi connectivity index (χ1v) is 5.47. The lowest BCUT2D eigenvalue weighted by Crippen LogP contribution is -2.57. The van der Waals surface area contributed by atoms with Gasteiger partial charge in [0, 0.05) is 17.6 Å². The van der Waals surface area contributed by atoms with E-state index in [0.717, 1.165) is 6.54 Å². The Hall–Kier alpha value is -0.0800. The Morgan fingerprint density at radius 1 is 1.31 bits per heavy atom. The second-order valence-corrected chi connectivity index (χ2v) is 4.97. The van der Waals surface area contributed by atoms with Gasteiger partial charge in [-0.1, -0.05) is 6.92 Å². The van der Waals surface area contributed by atoms with Crippen LogP contribution in [0.2, 0.25) is 0 Å². The summed E-state index contributed by atoms with van der Waals surface area (Å²) in [5.74, 6) is 0. The molecule has 1 aliphatic rings. The molecule has 0 spiro atoms. The van der Waals surface area contributed by atoms with Crippen LogP contribution in [0.15, 0.2) is 0 Å². The van der Waals surface area contributed by atoms with Gasteiger partial charge < -0.3 is 10.6 Å². The third-order valence-corrected chi connectivity index (χ3v) is 3.57. The van der Waals surface area contributed by atoms with Gasteiger partial charge in [0.2, 0.25) is 0 Å². The minimum Gasteiger partial charge on any atom is -0.314 e. The van der Waals surface area contributed by atoms with Crippen LogP contribution in [-0.2, 0) is 0 Å². The molecule has 0 atom stereocenters. The summed E-state index contributed by atoms with van der Waals surface area (Å²) in [5.41, 5.74) is 0.700. The van der Waals surface area contributed by atoms with Crippen LogP contribution < -0.4 is 10.6 Å². The first-order chi connectivity index (χ1) is 6.04. The topological polar surface area (TPSA) is 24.1 Å². The van der Waals surface area contributed by atoms with Gasteiger partial charge in [-0.2, -0.15) is 0 Å². The van der Waals surface area contributed by atoms with Gasteiger partial charge in [-0.05, 0) is 46.6 Å². The van der Waals surface area contributed by atoms with Crippen molar-refractivity contribution in [3.63, 3.8) is 0 Å². The van der Waals surface area contributed by atoms with Crippen molar-refractivity contribution >= 4 is 0 Å². The molecule has 0 aromatic rings. The number of hydrogen-bond acceptors (Lipinski definition) is 2. The summed E-state index contributed by atoms with van der Waals surface area (Å²) >= 11 is 0. The van der Waals surface area contributed by atoms with Crippen LogP contribution >= 0.6 is 0 Å². The van der Waals surface area contributed by atoms with Gasteiger partial charge in [-0.25, -0.2) is 0 Å². The fourth-order valence-electron chi connectivity index (χ4n) is 1.76. The van der Waals surface area contributed by atoms with Crippen LogP contribution in [0.5, 0.6) is 0 Å². The average Bonchev–Trinajstić information content (AvgIpc) is 2.03. The first kappa shape index (κ1) is 11.0. The van der Waals surface area contributed by atoms with Crippen molar-refractivity contribution in [2.75, 3.05) is 13.6 Å². The molecule has 2 heteroatoms. The molecule has 13 heavy (non-hydrogen) atoms. The maximum atomic E-state index is 3.71. The molecule has 0 heterocycles. The predicted molar refractivity (Wildman–Crippen MR) is 58.0 cm³/mol. The van der Waals surface area contributed by atoms with Crippen molar-refractivity contribution in [1.82, 2.24) is 10.6 Å². The predicted octanol–water partition coefficient (Wildman–Crippen LogP) is 1.91. The van der Waals surface area contributed by atoms with E-state index in [9.17, 15) is 0 Å². The molecule has 1 fully saturated rings. The lowest BCUT2D eigenvalue weighted by Gasteiger charge is -2.44. The maximum absolute atomic E-state index is 3.71. The zero-order chi connectivity index (χ0) is 9.95. The Labute approximate surface area is 82.5 Å². The van der Waals surface area contributed by atoms with E-state index in [1.807, 2.05) is 7.05 Å². The molecule has 0 saturated heterocycles. The second-order valence-electron chi connectivity index (χ2n) is 4.97. The van der Waals surface area contributed by atoms with Gasteiger partial charge >= 0.3 is 0 Å². The molecular weight excluding hydrogens is 160 g/mol. The molecular formula is C11H24N2. The molecule has 0 bridgehead atoms. The van der Waals surface area contributed by atoms with Gasteiger partial charge in [0.05, 0.1) is 0 Å². The van der Waals surface area contributed by atoms with Crippen LogP contribution in [0.25, 0.3) is 0 Å². The van der Waals surface area contributed by atoms with E-state index in [1.54, 1.807) is 0 Å². The summed E-state index contributed by atoms with van der Waals surface area (Å²) in [6.45, 7) is 7.83. The highest BCUT2D eigenvalue weighted by atomic mass is 15.1. The Morgan fingerprint density at radius 3 is 2.23 bits per heavy atom. The Balaban J connectivity index is 2.32. The minimum absolute atomic E-state index is 0.220. The summed E-state index contributed by atoms with van der Waals surface area (Å²) in [6, 6.07) is 0. The second kappa shape index (κ2) is 3.97. The third kappa shape index (κ3) is 2.68. The highest BCUT2D eigenvalue weighted by molar-refractivity contribution is 4.96. The molecule has 0 unspecified atom stereocenters. The van der Waals surface area contributed by atoms with E-state index >= 15 is 0 Å². The molecule has 1 aliphatic carbocycles. The average molecular weight is 184 g/mol. The largest absolute Gasteiger partial charge is 0.314 e. The fraction of sp³-hybridized carbons (Fsp3) is 1.00. The Bertz CT molecular complexity index is 154. The van der Waals surface area contributed by atoms with Gasteiger partial charge in [0.25, 0.3) is 0 Å². The minimum atomic E-state index is 0.220. The molecule has 0 amide bonds. The molecule has 2 N–H and O–H groups in total. The summed E-state index contributed by atoms with van der Waals surface area (Å²) in [7, 11) is 2.03. The first-order valence-electron chi connectivity index (χ1n) is 5.47. The van der Waals surface area contributed by atoms with Crippen LogP contribution in [0.1, 0.15) is 46.5 Å². The van der Waals surface area contributed by atoms with Gasteiger partial charge in [0.1, 0.15) is 0 Å². The van der Waals surface area contributed by atoms with Gasteiger partial charge in [0.15, 0.2) is 0 Å². The smallest absolute Gasteiger partial charge is 0.0246 e. The molecule has 0 aliphatic heterocycles. The highest BCUT2D eigenvalue weighted by Crippen LogP contribution is 2.34. The lowest BCUT2D eigenvalue weighted by atomic mass is 9.74. The van der Waals surface area contributed by atoms with Crippen molar-refractivity contribution in [1.29, 1.82) is 0 Å². The Kier molecular flexibility index (Phi) is 3.36. The Morgan fingerprint density at radius 2 is 1.92 bits per heavy atom. The number of rotatable bonds is 5. The summed E-state index contributed by atoms with van der Waals surface area (Å²) in [4.78, 5) is 0. The van der Waals surface area contributed by atoms with Crippen molar-refractivity contribution in [3.05, 3.63) is 0 Å². The summed E-state index contributed by atoms with van der Waals surface area (Å²) < 4.78 is 0. The standard InChI is InChI=1S/C11H24N2/c1-5-11(7-6-8-11)13-9-10(2,3)12-4/h12-13H,5-9H2,1-4H3. The zero-order valence-corrected chi connectivity index (χ0v) is 9.54. The molecule has 0 aromatic carbocycles. The van der Waals surface area contributed by atoms with Crippen molar-refractivity contribution < 1.29 is 0 Å². The number of likely N-dealkylation sites (N-methyl/N-ethyl adjacent to an activating group) is 1. The third-order valence-electron chi connectivity index (χ3n) is 3.57. The van der Waals surface area contributed by atoms with E-state index in [0.29, 0.717) is 5.54 Å². The highest BCUT2D eigenvalue weighted by Gasteiger charge is 2.35. The molecule has 78 valence electrons. The maximum Gasteiger partial charge on any atom is 0.0246 e. The summed E-state index contributed by atoms with van der Waals surface area (Å²) in [5, 5.41) is 7.03. The van der Waals surface area contributed by atoms with Crippen LogP contribution in [0.3, 0.4) is 0 Å². The van der Waals surface area contributed by atoms with Crippen molar-refractivity contribution in [2.45, 2.75) is 57.5 Å². The van der Waals surface area contributed by atoms with Crippen LogP contribution in [0, 0.1) is 0 Å². The lowest BCUT2D eigenvalue weighted by molar-refractivity contribution is 0.162. The quantitative estimate of drug-likeness (QED) is 0.682. The fourth-order valence-corrected chi connectivity index (χ4v) is 1.76. The van der Waals surface area contributed by atoms with E-state index < -0.39 is 0 Å². The monoisotopic (exact) mass is 184 g/mol.